The Morgan fingerprint density at radius 1 is 1.25 bits per heavy atom. The Labute approximate surface area is 72.1 Å². The summed E-state index contributed by atoms with van der Waals surface area (Å²) in [5.41, 5.74) is 1.83. The first-order valence-electron chi connectivity index (χ1n) is 3.73. The van der Waals surface area contributed by atoms with E-state index in [2.05, 4.69) is 6.58 Å². The maximum atomic E-state index is 12.5. The van der Waals surface area contributed by atoms with Crippen molar-refractivity contribution in [2.75, 3.05) is 14.1 Å². The normalized spacial score (nSPS) is 9.58. The van der Waals surface area contributed by atoms with Crippen molar-refractivity contribution < 1.29 is 4.39 Å². The number of rotatable bonds is 2. The summed E-state index contributed by atoms with van der Waals surface area (Å²) in [6.45, 7) is 3.86. The second-order valence-corrected chi connectivity index (χ2v) is 2.85. The molecule has 0 aliphatic carbocycles. The molecule has 0 heterocycles. The summed E-state index contributed by atoms with van der Waals surface area (Å²) in [5.74, 6) is -0.217. The van der Waals surface area contributed by atoms with Gasteiger partial charge in [-0.15, -0.1) is 0 Å². The predicted molar refractivity (Wildman–Crippen MR) is 49.1 cm³/mol. The van der Waals surface area contributed by atoms with Crippen molar-refractivity contribution >= 4 is 5.70 Å². The fraction of sp³-hybridized carbons (Fsp3) is 0.200. The summed E-state index contributed by atoms with van der Waals surface area (Å²) >= 11 is 0. The number of halogens is 1. The highest BCUT2D eigenvalue weighted by Gasteiger charge is 1.99. The molecule has 1 rings (SSSR count). The molecule has 64 valence electrons. The first-order chi connectivity index (χ1) is 5.61. The van der Waals surface area contributed by atoms with Crippen molar-refractivity contribution in [1.82, 2.24) is 4.90 Å². The molecule has 0 aliphatic rings. The van der Waals surface area contributed by atoms with Crippen LogP contribution in [0.25, 0.3) is 5.70 Å². The lowest BCUT2D eigenvalue weighted by atomic mass is 10.1. The van der Waals surface area contributed by atoms with Crippen LogP contribution in [0.4, 0.5) is 4.39 Å². The van der Waals surface area contributed by atoms with Gasteiger partial charge < -0.3 is 4.90 Å². The fourth-order valence-electron chi connectivity index (χ4n) is 0.900. The fourth-order valence-corrected chi connectivity index (χ4v) is 0.900. The maximum Gasteiger partial charge on any atom is 0.123 e. The van der Waals surface area contributed by atoms with Crippen molar-refractivity contribution in [1.29, 1.82) is 0 Å². The average molecular weight is 165 g/mol. The lowest BCUT2D eigenvalue weighted by Gasteiger charge is -2.15. The summed E-state index contributed by atoms with van der Waals surface area (Å²) in [7, 11) is 3.82. The number of nitrogens with zero attached hydrogens (tertiary/aromatic N) is 1. The van der Waals surface area contributed by atoms with Gasteiger partial charge in [0.15, 0.2) is 0 Å². The topological polar surface area (TPSA) is 3.24 Å². The van der Waals surface area contributed by atoms with Gasteiger partial charge in [-0.1, -0.05) is 18.7 Å². The molecule has 0 bridgehead atoms. The van der Waals surface area contributed by atoms with Crippen LogP contribution < -0.4 is 0 Å². The maximum absolute atomic E-state index is 12.5. The molecule has 1 aromatic carbocycles. The minimum absolute atomic E-state index is 0.217. The Morgan fingerprint density at radius 2 is 1.75 bits per heavy atom. The molecule has 0 amide bonds. The number of benzene rings is 1. The molecule has 12 heavy (non-hydrogen) atoms. The second-order valence-electron chi connectivity index (χ2n) is 2.85. The van der Waals surface area contributed by atoms with Crippen LogP contribution >= 0.6 is 0 Å². The predicted octanol–water partition coefficient (Wildman–Crippen LogP) is 2.36. The van der Waals surface area contributed by atoms with E-state index in [4.69, 9.17) is 0 Å². The number of hydrogen-bond acceptors (Lipinski definition) is 1. The average Bonchev–Trinajstić information content (AvgIpc) is 2.04. The van der Waals surface area contributed by atoms with Gasteiger partial charge in [-0.3, -0.25) is 0 Å². The lowest BCUT2D eigenvalue weighted by molar-refractivity contribution is 0.592. The zero-order valence-electron chi connectivity index (χ0n) is 7.34. The highest BCUT2D eigenvalue weighted by Crippen LogP contribution is 2.14. The van der Waals surface area contributed by atoms with Crippen LogP contribution in [0.1, 0.15) is 5.56 Å². The summed E-state index contributed by atoms with van der Waals surface area (Å²) in [5, 5.41) is 0. The summed E-state index contributed by atoms with van der Waals surface area (Å²) in [6, 6.07) is 6.31. The lowest BCUT2D eigenvalue weighted by Crippen LogP contribution is -2.08. The SMILES string of the molecule is C=C(c1ccc(F)cc1)N(C)C. The van der Waals surface area contributed by atoms with Gasteiger partial charge in [0.05, 0.1) is 0 Å². The standard InChI is InChI=1S/C10H12FN/c1-8(12(2)3)9-4-6-10(11)7-5-9/h4-7H,1H2,2-3H3. The zero-order chi connectivity index (χ0) is 9.14. The molecule has 0 aromatic heterocycles. The van der Waals surface area contributed by atoms with Gasteiger partial charge in [-0.2, -0.15) is 0 Å². The van der Waals surface area contributed by atoms with Crippen LogP contribution in [0.3, 0.4) is 0 Å². The smallest absolute Gasteiger partial charge is 0.123 e. The molecule has 0 saturated carbocycles. The molecular weight excluding hydrogens is 153 g/mol. The molecule has 0 N–H and O–H groups in total. The Hall–Kier alpha value is -1.31. The minimum atomic E-state index is -0.217. The van der Waals surface area contributed by atoms with E-state index >= 15 is 0 Å². The van der Waals surface area contributed by atoms with E-state index in [9.17, 15) is 4.39 Å². The van der Waals surface area contributed by atoms with E-state index in [1.165, 1.54) is 12.1 Å². The molecule has 0 radical (unpaired) electrons. The zero-order valence-corrected chi connectivity index (χ0v) is 7.34. The molecule has 0 unspecified atom stereocenters. The summed E-state index contributed by atoms with van der Waals surface area (Å²) in [6.07, 6.45) is 0. The van der Waals surface area contributed by atoms with Crippen molar-refractivity contribution in [3.63, 3.8) is 0 Å². The molecule has 0 spiro atoms. The van der Waals surface area contributed by atoms with Crippen LogP contribution in [0.5, 0.6) is 0 Å². The van der Waals surface area contributed by atoms with E-state index in [1.807, 2.05) is 19.0 Å². The summed E-state index contributed by atoms with van der Waals surface area (Å²) in [4.78, 5) is 1.90. The molecule has 1 aromatic rings. The van der Waals surface area contributed by atoms with E-state index < -0.39 is 0 Å². The van der Waals surface area contributed by atoms with Gasteiger partial charge in [-0.25, -0.2) is 4.39 Å². The van der Waals surface area contributed by atoms with E-state index in [0.29, 0.717) is 0 Å². The summed E-state index contributed by atoms with van der Waals surface area (Å²) < 4.78 is 12.5. The van der Waals surface area contributed by atoms with Gasteiger partial charge in [0.2, 0.25) is 0 Å². The minimum Gasteiger partial charge on any atom is -0.378 e. The highest BCUT2D eigenvalue weighted by atomic mass is 19.1. The largest absolute Gasteiger partial charge is 0.378 e. The van der Waals surface area contributed by atoms with Crippen LogP contribution in [-0.2, 0) is 0 Å². The van der Waals surface area contributed by atoms with Gasteiger partial charge in [0.25, 0.3) is 0 Å². The van der Waals surface area contributed by atoms with Gasteiger partial charge in [-0.05, 0) is 17.7 Å². The second kappa shape index (κ2) is 3.39. The first-order valence-corrected chi connectivity index (χ1v) is 3.73. The van der Waals surface area contributed by atoms with Gasteiger partial charge in [0.1, 0.15) is 5.82 Å². The Morgan fingerprint density at radius 3 is 2.17 bits per heavy atom. The third-order valence-corrected chi connectivity index (χ3v) is 1.72. The van der Waals surface area contributed by atoms with Gasteiger partial charge >= 0.3 is 0 Å². The van der Waals surface area contributed by atoms with Gasteiger partial charge in [0, 0.05) is 19.8 Å². The molecule has 0 fully saturated rings. The van der Waals surface area contributed by atoms with Crippen LogP contribution in [-0.4, -0.2) is 19.0 Å². The van der Waals surface area contributed by atoms with Crippen LogP contribution in [0.15, 0.2) is 30.8 Å². The van der Waals surface area contributed by atoms with Crippen molar-refractivity contribution in [2.24, 2.45) is 0 Å². The molecule has 0 saturated heterocycles. The van der Waals surface area contributed by atoms with Crippen molar-refractivity contribution in [2.45, 2.75) is 0 Å². The highest BCUT2D eigenvalue weighted by molar-refractivity contribution is 5.61. The van der Waals surface area contributed by atoms with E-state index in [1.54, 1.807) is 12.1 Å². The third kappa shape index (κ3) is 1.84. The number of hydrogen-bond donors (Lipinski definition) is 0. The van der Waals surface area contributed by atoms with Crippen molar-refractivity contribution in [3.05, 3.63) is 42.2 Å². The van der Waals surface area contributed by atoms with Crippen LogP contribution in [0, 0.1) is 5.82 Å². The molecular formula is C10H12FN. The first kappa shape index (κ1) is 8.78. The van der Waals surface area contributed by atoms with E-state index in [-0.39, 0.29) is 5.82 Å². The third-order valence-electron chi connectivity index (χ3n) is 1.72. The molecule has 2 heteroatoms. The van der Waals surface area contributed by atoms with Crippen LogP contribution in [0.2, 0.25) is 0 Å². The monoisotopic (exact) mass is 165 g/mol. The molecule has 0 atom stereocenters. The molecule has 0 aliphatic heterocycles. The Balaban J connectivity index is 2.90. The Kier molecular flexibility index (Phi) is 2.48. The molecule has 1 nitrogen and oxygen atoms in total. The van der Waals surface area contributed by atoms with E-state index in [0.717, 1.165) is 11.3 Å². The van der Waals surface area contributed by atoms with Crippen molar-refractivity contribution in [3.8, 4) is 0 Å². The Bertz CT molecular complexity index is 274. The quantitative estimate of drug-likeness (QED) is 0.650.